The summed E-state index contributed by atoms with van der Waals surface area (Å²) in [5.74, 6) is 1.76. The largest absolute Gasteiger partial charge is 0.496 e. The molecule has 176 valence electrons. The van der Waals surface area contributed by atoms with Gasteiger partial charge in [0.25, 0.3) is 0 Å². The molecule has 34 heavy (non-hydrogen) atoms. The van der Waals surface area contributed by atoms with E-state index in [2.05, 4.69) is 16.7 Å². The topological polar surface area (TPSA) is 92.6 Å². The SMILES string of the molecule is COc1cc(OCc2cccc(-c3ccccc3)c2C#N)cc(OC)c1CNCCNC(C)=O. The third-order valence-electron chi connectivity index (χ3n) is 5.30. The number of ether oxygens (including phenoxy) is 3. The van der Waals surface area contributed by atoms with Gasteiger partial charge in [0.15, 0.2) is 0 Å². The zero-order valence-electron chi connectivity index (χ0n) is 19.7. The standard InChI is InChI=1S/C27H29N3O4/c1-19(31)30-13-12-29-17-25-26(32-2)14-22(15-27(25)33-3)34-18-21-10-7-11-23(24(21)16-28)20-8-5-4-6-9-20/h4-11,14-15,29H,12-13,17-18H2,1-3H3,(H,30,31). The first-order valence-electron chi connectivity index (χ1n) is 11.0. The lowest BCUT2D eigenvalue weighted by molar-refractivity contribution is -0.118. The molecule has 3 rings (SSSR count). The molecular formula is C27H29N3O4. The van der Waals surface area contributed by atoms with Gasteiger partial charge in [-0.3, -0.25) is 4.79 Å². The number of carbonyl (C=O) groups is 1. The molecule has 0 saturated carbocycles. The Balaban J connectivity index is 1.76. The fraction of sp³-hybridized carbons (Fsp3) is 0.259. The minimum absolute atomic E-state index is 0.0627. The smallest absolute Gasteiger partial charge is 0.216 e. The Morgan fingerprint density at radius 3 is 2.29 bits per heavy atom. The van der Waals surface area contributed by atoms with Crippen LogP contribution < -0.4 is 24.8 Å². The Hall–Kier alpha value is -4.02. The van der Waals surface area contributed by atoms with Crippen molar-refractivity contribution < 1.29 is 19.0 Å². The van der Waals surface area contributed by atoms with E-state index in [1.54, 1.807) is 26.4 Å². The van der Waals surface area contributed by atoms with Crippen LogP contribution in [0.1, 0.15) is 23.6 Å². The van der Waals surface area contributed by atoms with Crippen LogP contribution in [0.3, 0.4) is 0 Å². The Kier molecular flexibility index (Phi) is 8.89. The zero-order chi connectivity index (χ0) is 24.3. The third kappa shape index (κ3) is 6.27. The molecule has 0 heterocycles. The minimum atomic E-state index is -0.0627. The highest BCUT2D eigenvalue weighted by Crippen LogP contribution is 2.35. The van der Waals surface area contributed by atoms with E-state index < -0.39 is 0 Å². The number of hydrogen-bond donors (Lipinski definition) is 2. The van der Waals surface area contributed by atoms with E-state index in [9.17, 15) is 10.1 Å². The Morgan fingerprint density at radius 2 is 1.68 bits per heavy atom. The molecule has 0 fully saturated rings. The zero-order valence-corrected chi connectivity index (χ0v) is 19.7. The van der Waals surface area contributed by atoms with Gasteiger partial charge in [-0.15, -0.1) is 0 Å². The van der Waals surface area contributed by atoms with Gasteiger partial charge < -0.3 is 24.8 Å². The second kappa shape index (κ2) is 12.3. The van der Waals surface area contributed by atoms with Crippen molar-refractivity contribution in [2.45, 2.75) is 20.1 Å². The summed E-state index contributed by atoms with van der Waals surface area (Å²) in [7, 11) is 3.19. The number of carbonyl (C=O) groups excluding carboxylic acids is 1. The number of nitrogens with one attached hydrogen (secondary N) is 2. The van der Waals surface area contributed by atoms with Crippen molar-refractivity contribution in [3.05, 3.63) is 77.4 Å². The van der Waals surface area contributed by atoms with Crippen molar-refractivity contribution in [1.82, 2.24) is 10.6 Å². The van der Waals surface area contributed by atoms with Crippen LogP contribution in [-0.4, -0.2) is 33.2 Å². The van der Waals surface area contributed by atoms with Crippen LogP contribution in [0.25, 0.3) is 11.1 Å². The van der Waals surface area contributed by atoms with E-state index in [-0.39, 0.29) is 12.5 Å². The Morgan fingerprint density at radius 1 is 0.971 bits per heavy atom. The van der Waals surface area contributed by atoms with Crippen molar-refractivity contribution in [3.63, 3.8) is 0 Å². The van der Waals surface area contributed by atoms with Crippen LogP contribution in [0, 0.1) is 11.3 Å². The van der Waals surface area contributed by atoms with Gasteiger partial charge in [-0.1, -0.05) is 48.5 Å². The summed E-state index contributed by atoms with van der Waals surface area (Å²) in [6.45, 7) is 3.36. The van der Waals surface area contributed by atoms with Gasteiger partial charge in [-0.05, 0) is 11.1 Å². The first-order chi connectivity index (χ1) is 16.6. The molecule has 0 bridgehead atoms. The van der Waals surface area contributed by atoms with Crippen molar-refractivity contribution in [2.75, 3.05) is 27.3 Å². The van der Waals surface area contributed by atoms with Crippen molar-refractivity contribution >= 4 is 5.91 Å². The molecule has 0 saturated heterocycles. The van der Waals surface area contributed by atoms with Gasteiger partial charge in [0, 0.05) is 44.3 Å². The maximum atomic E-state index is 11.0. The lowest BCUT2D eigenvalue weighted by Crippen LogP contribution is -2.30. The fourth-order valence-electron chi connectivity index (χ4n) is 3.63. The second-order valence-corrected chi connectivity index (χ2v) is 7.57. The number of amides is 1. The second-order valence-electron chi connectivity index (χ2n) is 7.57. The molecule has 0 aliphatic heterocycles. The van der Waals surface area contributed by atoms with Gasteiger partial charge in [0.05, 0.1) is 25.3 Å². The number of rotatable bonds is 11. The highest BCUT2D eigenvalue weighted by molar-refractivity contribution is 5.73. The van der Waals surface area contributed by atoms with E-state index >= 15 is 0 Å². The van der Waals surface area contributed by atoms with Crippen LogP contribution in [0.5, 0.6) is 17.2 Å². The summed E-state index contributed by atoms with van der Waals surface area (Å²) < 4.78 is 17.2. The molecule has 0 aliphatic rings. The molecule has 0 unspecified atom stereocenters. The average Bonchev–Trinajstić information content (AvgIpc) is 2.87. The summed E-state index contributed by atoms with van der Waals surface area (Å²) in [6, 6.07) is 21.5. The molecular weight excluding hydrogens is 430 g/mol. The maximum Gasteiger partial charge on any atom is 0.216 e. The summed E-state index contributed by atoms with van der Waals surface area (Å²) in [5.41, 5.74) is 4.10. The monoisotopic (exact) mass is 459 g/mol. The average molecular weight is 460 g/mol. The van der Waals surface area contributed by atoms with Crippen LogP contribution in [0.2, 0.25) is 0 Å². The lowest BCUT2D eigenvalue weighted by Gasteiger charge is -2.17. The van der Waals surface area contributed by atoms with Gasteiger partial charge >= 0.3 is 0 Å². The van der Waals surface area contributed by atoms with E-state index in [0.29, 0.717) is 42.4 Å². The minimum Gasteiger partial charge on any atom is -0.496 e. The van der Waals surface area contributed by atoms with Crippen LogP contribution >= 0.6 is 0 Å². The summed E-state index contributed by atoms with van der Waals surface area (Å²) in [5, 5.41) is 15.9. The van der Waals surface area contributed by atoms with Crippen molar-refractivity contribution in [3.8, 4) is 34.4 Å². The highest BCUT2D eigenvalue weighted by Gasteiger charge is 2.15. The van der Waals surface area contributed by atoms with Gasteiger partial charge in [0.2, 0.25) is 5.91 Å². The molecule has 3 aromatic rings. The van der Waals surface area contributed by atoms with Crippen LogP contribution in [-0.2, 0) is 17.9 Å². The van der Waals surface area contributed by atoms with Gasteiger partial charge in [-0.25, -0.2) is 0 Å². The molecule has 0 aliphatic carbocycles. The summed E-state index contributed by atoms with van der Waals surface area (Å²) in [6.07, 6.45) is 0. The molecule has 0 atom stereocenters. The van der Waals surface area contributed by atoms with Gasteiger partial charge in [-0.2, -0.15) is 5.26 Å². The Labute approximate surface area is 200 Å². The molecule has 7 nitrogen and oxygen atoms in total. The summed E-state index contributed by atoms with van der Waals surface area (Å²) in [4.78, 5) is 11.0. The number of nitrogens with zero attached hydrogens (tertiary/aromatic N) is 1. The van der Waals surface area contributed by atoms with E-state index in [1.165, 1.54) is 6.92 Å². The lowest BCUT2D eigenvalue weighted by atomic mass is 9.96. The van der Waals surface area contributed by atoms with E-state index in [4.69, 9.17) is 14.2 Å². The van der Waals surface area contributed by atoms with E-state index in [0.717, 1.165) is 22.3 Å². The molecule has 7 heteroatoms. The quantitative estimate of drug-likeness (QED) is 0.421. The Bertz CT molecular complexity index is 1130. The first-order valence-corrected chi connectivity index (χ1v) is 11.0. The first kappa shape index (κ1) is 24.6. The van der Waals surface area contributed by atoms with Crippen molar-refractivity contribution in [2.24, 2.45) is 0 Å². The normalized spacial score (nSPS) is 10.3. The molecule has 0 radical (unpaired) electrons. The molecule has 0 aromatic heterocycles. The number of hydrogen-bond acceptors (Lipinski definition) is 6. The number of methoxy groups -OCH3 is 2. The van der Waals surface area contributed by atoms with Crippen molar-refractivity contribution in [1.29, 1.82) is 5.26 Å². The molecule has 2 N–H and O–H groups in total. The predicted molar refractivity (Wildman–Crippen MR) is 131 cm³/mol. The molecule has 3 aromatic carbocycles. The highest BCUT2D eigenvalue weighted by atomic mass is 16.5. The van der Waals surface area contributed by atoms with Crippen LogP contribution in [0.15, 0.2) is 60.7 Å². The number of benzene rings is 3. The van der Waals surface area contributed by atoms with E-state index in [1.807, 2.05) is 48.5 Å². The third-order valence-corrected chi connectivity index (χ3v) is 5.30. The summed E-state index contributed by atoms with van der Waals surface area (Å²) >= 11 is 0. The molecule has 1 amide bonds. The fourth-order valence-corrected chi connectivity index (χ4v) is 3.63. The maximum absolute atomic E-state index is 11.0. The predicted octanol–water partition coefficient (Wildman–Crippen LogP) is 4.05. The number of nitriles is 1. The van der Waals surface area contributed by atoms with Gasteiger partial charge in [0.1, 0.15) is 29.9 Å². The molecule has 0 spiro atoms. The van der Waals surface area contributed by atoms with Crippen LogP contribution in [0.4, 0.5) is 0 Å².